The van der Waals surface area contributed by atoms with Crippen LogP contribution in [0.15, 0.2) is 57.9 Å². The quantitative estimate of drug-likeness (QED) is 0.882. The van der Waals surface area contributed by atoms with Crippen LogP contribution in [-0.2, 0) is 15.6 Å². The topological polar surface area (TPSA) is 60.2 Å². The number of rotatable bonds is 3. The molecule has 2 aromatic carbocycles. The van der Waals surface area contributed by atoms with E-state index in [1.807, 2.05) is 0 Å². The number of benzene rings is 2. The molecular formula is C13H12BrNO2S. The first kappa shape index (κ1) is 13.1. The average molecular weight is 326 g/mol. The monoisotopic (exact) mass is 325 g/mol. The summed E-state index contributed by atoms with van der Waals surface area (Å²) in [6, 6.07) is 13.6. The van der Waals surface area contributed by atoms with Gasteiger partial charge >= 0.3 is 0 Å². The Morgan fingerprint density at radius 3 is 2.33 bits per heavy atom. The van der Waals surface area contributed by atoms with Crippen LogP contribution in [0.1, 0.15) is 5.56 Å². The summed E-state index contributed by atoms with van der Waals surface area (Å²) in [5.74, 6) is -0.0241. The van der Waals surface area contributed by atoms with Gasteiger partial charge in [0.15, 0.2) is 9.84 Å². The summed E-state index contributed by atoms with van der Waals surface area (Å²) in [7, 11) is -3.32. The van der Waals surface area contributed by atoms with Crippen LogP contribution >= 0.6 is 15.9 Å². The minimum Gasteiger partial charge on any atom is -0.399 e. The summed E-state index contributed by atoms with van der Waals surface area (Å²) < 4.78 is 25.1. The maximum Gasteiger partial charge on any atom is 0.182 e. The largest absolute Gasteiger partial charge is 0.399 e. The van der Waals surface area contributed by atoms with Crippen molar-refractivity contribution in [1.82, 2.24) is 0 Å². The minimum atomic E-state index is -3.32. The van der Waals surface area contributed by atoms with E-state index in [-0.39, 0.29) is 5.75 Å². The Morgan fingerprint density at radius 2 is 1.72 bits per heavy atom. The fourth-order valence-corrected chi connectivity index (χ4v) is 3.52. The number of anilines is 1. The molecule has 0 amide bonds. The Labute approximate surface area is 115 Å². The normalized spacial score (nSPS) is 11.4. The maximum atomic E-state index is 12.2. The highest BCUT2D eigenvalue weighted by Gasteiger charge is 2.15. The molecule has 0 saturated carbocycles. The van der Waals surface area contributed by atoms with Crippen LogP contribution in [0.2, 0.25) is 0 Å². The van der Waals surface area contributed by atoms with E-state index in [1.54, 1.807) is 48.5 Å². The van der Waals surface area contributed by atoms with Gasteiger partial charge in [0.2, 0.25) is 0 Å². The van der Waals surface area contributed by atoms with Crippen LogP contribution in [0.3, 0.4) is 0 Å². The minimum absolute atomic E-state index is 0.0241. The van der Waals surface area contributed by atoms with Crippen LogP contribution in [0.5, 0.6) is 0 Å². The molecule has 3 nitrogen and oxygen atoms in total. The molecular weight excluding hydrogens is 314 g/mol. The summed E-state index contributed by atoms with van der Waals surface area (Å²) in [6.45, 7) is 0. The molecule has 0 radical (unpaired) electrons. The van der Waals surface area contributed by atoms with E-state index in [0.717, 1.165) is 10.0 Å². The Kier molecular flexibility index (Phi) is 3.73. The van der Waals surface area contributed by atoms with E-state index in [1.165, 1.54) is 0 Å². The molecule has 0 heterocycles. The van der Waals surface area contributed by atoms with Crippen molar-refractivity contribution in [1.29, 1.82) is 0 Å². The predicted molar refractivity (Wildman–Crippen MR) is 75.9 cm³/mol. The molecule has 0 aliphatic rings. The first-order valence-corrected chi connectivity index (χ1v) is 7.75. The summed E-state index contributed by atoms with van der Waals surface area (Å²) in [5.41, 5.74) is 6.92. The molecule has 2 aromatic rings. The highest BCUT2D eigenvalue weighted by molar-refractivity contribution is 9.10. The van der Waals surface area contributed by atoms with Crippen molar-refractivity contribution in [2.45, 2.75) is 10.6 Å². The highest BCUT2D eigenvalue weighted by atomic mass is 79.9. The van der Waals surface area contributed by atoms with Gasteiger partial charge in [-0.25, -0.2) is 8.42 Å². The van der Waals surface area contributed by atoms with Crippen molar-refractivity contribution in [3.63, 3.8) is 0 Å². The second-order valence-electron chi connectivity index (χ2n) is 3.96. The summed E-state index contributed by atoms with van der Waals surface area (Å²) >= 11 is 3.27. The zero-order valence-corrected chi connectivity index (χ0v) is 11.9. The Hall–Kier alpha value is -1.33. The van der Waals surface area contributed by atoms with Gasteiger partial charge in [0, 0.05) is 10.2 Å². The van der Waals surface area contributed by atoms with E-state index in [2.05, 4.69) is 15.9 Å². The van der Waals surface area contributed by atoms with E-state index >= 15 is 0 Å². The number of sulfone groups is 1. The molecule has 0 aliphatic carbocycles. The van der Waals surface area contributed by atoms with E-state index in [4.69, 9.17) is 5.73 Å². The SMILES string of the molecule is Nc1ccc(CS(=O)(=O)c2cccc(Br)c2)cc1. The number of hydrogen-bond acceptors (Lipinski definition) is 3. The molecule has 0 aromatic heterocycles. The smallest absolute Gasteiger partial charge is 0.182 e. The maximum absolute atomic E-state index is 12.2. The molecule has 94 valence electrons. The fraction of sp³-hybridized carbons (Fsp3) is 0.0769. The Balaban J connectivity index is 2.30. The van der Waals surface area contributed by atoms with Gasteiger partial charge in [-0.2, -0.15) is 0 Å². The molecule has 0 saturated heterocycles. The average Bonchev–Trinajstić information content (AvgIpc) is 2.32. The van der Waals surface area contributed by atoms with Gasteiger partial charge in [-0.05, 0) is 35.9 Å². The molecule has 0 spiro atoms. The lowest BCUT2D eigenvalue weighted by molar-refractivity contribution is 0.595. The molecule has 0 aliphatic heterocycles. The van der Waals surface area contributed by atoms with Gasteiger partial charge in [0.1, 0.15) is 0 Å². The zero-order valence-electron chi connectivity index (χ0n) is 9.51. The van der Waals surface area contributed by atoms with Crippen molar-refractivity contribution in [3.05, 3.63) is 58.6 Å². The van der Waals surface area contributed by atoms with Crippen LogP contribution in [-0.4, -0.2) is 8.42 Å². The lowest BCUT2D eigenvalue weighted by Crippen LogP contribution is -2.05. The number of halogens is 1. The second kappa shape index (κ2) is 5.12. The van der Waals surface area contributed by atoms with Gasteiger partial charge in [0.05, 0.1) is 10.6 Å². The van der Waals surface area contributed by atoms with Crippen LogP contribution in [0.25, 0.3) is 0 Å². The molecule has 2 N–H and O–H groups in total. The molecule has 5 heteroatoms. The van der Waals surface area contributed by atoms with Gasteiger partial charge in [0.25, 0.3) is 0 Å². The second-order valence-corrected chi connectivity index (χ2v) is 6.86. The van der Waals surface area contributed by atoms with Crippen molar-refractivity contribution in [3.8, 4) is 0 Å². The molecule has 18 heavy (non-hydrogen) atoms. The Morgan fingerprint density at radius 1 is 1.06 bits per heavy atom. The van der Waals surface area contributed by atoms with Crippen molar-refractivity contribution >= 4 is 31.5 Å². The first-order chi connectivity index (χ1) is 8.47. The van der Waals surface area contributed by atoms with Gasteiger partial charge in [-0.15, -0.1) is 0 Å². The molecule has 0 atom stereocenters. The molecule has 0 bridgehead atoms. The van der Waals surface area contributed by atoms with Crippen molar-refractivity contribution < 1.29 is 8.42 Å². The molecule has 0 fully saturated rings. The van der Waals surface area contributed by atoms with E-state index < -0.39 is 9.84 Å². The van der Waals surface area contributed by atoms with Crippen LogP contribution in [0.4, 0.5) is 5.69 Å². The number of nitrogen functional groups attached to an aromatic ring is 1. The summed E-state index contributed by atoms with van der Waals surface area (Å²) in [5, 5.41) is 0. The summed E-state index contributed by atoms with van der Waals surface area (Å²) in [4.78, 5) is 0.314. The summed E-state index contributed by atoms with van der Waals surface area (Å²) in [6.07, 6.45) is 0. The lowest BCUT2D eigenvalue weighted by atomic mass is 10.2. The first-order valence-electron chi connectivity index (χ1n) is 5.30. The van der Waals surface area contributed by atoms with E-state index in [9.17, 15) is 8.42 Å². The van der Waals surface area contributed by atoms with Gasteiger partial charge < -0.3 is 5.73 Å². The standard InChI is InChI=1S/C13H12BrNO2S/c14-11-2-1-3-13(8-11)18(16,17)9-10-4-6-12(15)7-5-10/h1-8H,9,15H2. The number of nitrogens with two attached hydrogens (primary N) is 1. The predicted octanol–water partition coefficient (Wildman–Crippen LogP) is 3.01. The van der Waals surface area contributed by atoms with Gasteiger partial charge in [-0.3, -0.25) is 0 Å². The van der Waals surface area contributed by atoms with Crippen LogP contribution < -0.4 is 5.73 Å². The van der Waals surface area contributed by atoms with Crippen molar-refractivity contribution in [2.24, 2.45) is 0 Å². The molecule has 0 unspecified atom stereocenters. The lowest BCUT2D eigenvalue weighted by Gasteiger charge is -2.05. The Bertz CT molecular complexity index is 651. The third-order valence-corrected chi connectivity index (χ3v) is 4.67. The molecule has 2 rings (SSSR count). The highest BCUT2D eigenvalue weighted by Crippen LogP contribution is 2.20. The number of hydrogen-bond donors (Lipinski definition) is 1. The van der Waals surface area contributed by atoms with Gasteiger partial charge in [-0.1, -0.05) is 34.1 Å². The fourth-order valence-electron chi connectivity index (χ4n) is 1.58. The van der Waals surface area contributed by atoms with Crippen molar-refractivity contribution in [2.75, 3.05) is 5.73 Å². The zero-order chi connectivity index (χ0) is 13.2. The van der Waals surface area contributed by atoms with E-state index in [0.29, 0.717) is 10.6 Å². The third-order valence-electron chi connectivity index (χ3n) is 2.49. The van der Waals surface area contributed by atoms with Crippen LogP contribution in [0, 0.1) is 0 Å². The third kappa shape index (κ3) is 3.11.